The zero-order chi connectivity index (χ0) is 22.7. The molecule has 1 aromatic heterocycles. The first kappa shape index (κ1) is 21.6. The van der Waals surface area contributed by atoms with E-state index in [9.17, 15) is 4.79 Å². The molecule has 7 heteroatoms. The molecule has 0 unspecified atom stereocenters. The molecule has 32 heavy (non-hydrogen) atoms. The van der Waals surface area contributed by atoms with E-state index in [2.05, 4.69) is 15.4 Å². The summed E-state index contributed by atoms with van der Waals surface area (Å²) in [5.74, 6) is 0.957. The Kier molecular flexibility index (Phi) is 6.23. The number of ether oxygens (including phenoxy) is 1. The number of benzene rings is 3. The van der Waals surface area contributed by atoms with Gasteiger partial charge in [0, 0.05) is 16.3 Å². The molecule has 6 nitrogen and oxygen atoms in total. The van der Waals surface area contributed by atoms with Crippen LogP contribution >= 0.6 is 11.6 Å². The van der Waals surface area contributed by atoms with Gasteiger partial charge in [0.15, 0.2) is 5.82 Å². The van der Waals surface area contributed by atoms with Gasteiger partial charge in [-0.05, 0) is 62.7 Å². The Labute approximate surface area is 191 Å². The second-order valence-electron chi connectivity index (χ2n) is 7.38. The molecule has 0 fully saturated rings. The summed E-state index contributed by atoms with van der Waals surface area (Å²) in [6.45, 7) is 6.45. The summed E-state index contributed by atoms with van der Waals surface area (Å²) < 4.78 is 7.08. The highest BCUT2D eigenvalue weighted by molar-refractivity contribution is 6.31. The Hall–Kier alpha value is -3.64. The second kappa shape index (κ2) is 9.24. The van der Waals surface area contributed by atoms with Crippen molar-refractivity contribution in [2.24, 2.45) is 0 Å². The van der Waals surface area contributed by atoms with Gasteiger partial charge in [0.05, 0.1) is 12.3 Å². The summed E-state index contributed by atoms with van der Waals surface area (Å²) in [6.07, 6.45) is 0. The highest BCUT2D eigenvalue weighted by Gasteiger charge is 2.19. The monoisotopic (exact) mass is 446 g/mol. The smallest absolute Gasteiger partial charge is 0.295 e. The maximum absolute atomic E-state index is 12.9. The van der Waals surface area contributed by atoms with Crippen LogP contribution in [0.3, 0.4) is 0 Å². The molecule has 4 rings (SSSR count). The van der Waals surface area contributed by atoms with E-state index < -0.39 is 5.91 Å². The number of aromatic nitrogens is 3. The van der Waals surface area contributed by atoms with Gasteiger partial charge in [-0.1, -0.05) is 47.5 Å². The highest BCUT2D eigenvalue weighted by Crippen LogP contribution is 2.25. The van der Waals surface area contributed by atoms with Crippen LogP contribution in [0.1, 0.15) is 28.7 Å². The van der Waals surface area contributed by atoms with Crippen molar-refractivity contribution in [3.63, 3.8) is 0 Å². The van der Waals surface area contributed by atoms with E-state index >= 15 is 0 Å². The Morgan fingerprint density at radius 2 is 1.75 bits per heavy atom. The van der Waals surface area contributed by atoms with E-state index in [-0.39, 0.29) is 5.82 Å². The first-order valence-corrected chi connectivity index (χ1v) is 10.7. The topological polar surface area (TPSA) is 69.0 Å². The van der Waals surface area contributed by atoms with E-state index in [1.807, 2.05) is 63.2 Å². The lowest BCUT2D eigenvalue weighted by Gasteiger charge is -2.08. The van der Waals surface area contributed by atoms with Gasteiger partial charge >= 0.3 is 0 Å². The van der Waals surface area contributed by atoms with Crippen molar-refractivity contribution in [2.75, 3.05) is 11.9 Å². The molecule has 0 saturated heterocycles. The van der Waals surface area contributed by atoms with Gasteiger partial charge in [0.2, 0.25) is 5.82 Å². The fourth-order valence-corrected chi connectivity index (χ4v) is 3.35. The zero-order valence-electron chi connectivity index (χ0n) is 18.1. The summed E-state index contributed by atoms with van der Waals surface area (Å²) in [5, 5.41) is 7.96. The number of halogens is 1. The number of anilines is 1. The molecule has 0 saturated carbocycles. The third kappa shape index (κ3) is 4.65. The standard InChI is InChI=1S/C25H23ClN4O2/c1-4-32-21-13-10-19(11-14-21)27-25(31)23-28-24(18-8-5-16(2)6-9-18)30(29-23)20-12-7-17(3)22(26)15-20/h5-15H,4H2,1-3H3,(H,27,31). The molecule has 0 atom stereocenters. The van der Waals surface area contributed by atoms with Crippen LogP contribution in [0.4, 0.5) is 5.69 Å². The maximum atomic E-state index is 12.9. The van der Waals surface area contributed by atoms with Crippen molar-refractivity contribution in [2.45, 2.75) is 20.8 Å². The predicted octanol–water partition coefficient (Wildman–Crippen LogP) is 5.86. The number of amides is 1. The Bertz CT molecular complexity index is 1250. The molecule has 162 valence electrons. The third-order valence-corrected chi connectivity index (χ3v) is 5.35. The van der Waals surface area contributed by atoms with Gasteiger partial charge in [-0.2, -0.15) is 0 Å². The Morgan fingerprint density at radius 1 is 1.03 bits per heavy atom. The molecule has 1 N–H and O–H groups in total. The van der Waals surface area contributed by atoms with Crippen LogP contribution in [-0.2, 0) is 0 Å². The lowest BCUT2D eigenvalue weighted by molar-refractivity contribution is 0.101. The minimum absolute atomic E-state index is 0.0613. The molecule has 0 aliphatic heterocycles. The first-order chi connectivity index (χ1) is 15.4. The van der Waals surface area contributed by atoms with Gasteiger partial charge in [-0.3, -0.25) is 4.79 Å². The number of nitrogens with zero attached hydrogens (tertiary/aromatic N) is 3. The molecular weight excluding hydrogens is 424 g/mol. The number of carbonyl (C=O) groups excluding carboxylic acids is 1. The van der Waals surface area contributed by atoms with Crippen molar-refractivity contribution in [1.82, 2.24) is 14.8 Å². The van der Waals surface area contributed by atoms with Gasteiger partial charge in [-0.15, -0.1) is 5.10 Å². The highest BCUT2D eigenvalue weighted by atomic mass is 35.5. The van der Waals surface area contributed by atoms with Crippen LogP contribution in [0.15, 0.2) is 66.7 Å². The van der Waals surface area contributed by atoms with Crippen LogP contribution in [0.2, 0.25) is 5.02 Å². The SMILES string of the molecule is CCOc1ccc(NC(=O)c2nc(-c3ccc(C)cc3)n(-c3ccc(C)c(Cl)c3)n2)cc1. The summed E-state index contributed by atoms with van der Waals surface area (Å²) >= 11 is 6.34. The van der Waals surface area contributed by atoms with Crippen molar-refractivity contribution in [3.05, 3.63) is 88.7 Å². The van der Waals surface area contributed by atoms with Gasteiger partial charge in [-0.25, -0.2) is 9.67 Å². The quantitative estimate of drug-likeness (QED) is 0.403. The van der Waals surface area contributed by atoms with E-state index in [4.69, 9.17) is 16.3 Å². The summed E-state index contributed by atoms with van der Waals surface area (Å²) in [4.78, 5) is 17.5. The van der Waals surface area contributed by atoms with Crippen LogP contribution in [-0.4, -0.2) is 27.3 Å². The number of aryl methyl sites for hydroxylation is 2. The average molecular weight is 447 g/mol. The number of rotatable bonds is 6. The molecule has 0 spiro atoms. The summed E-state index contributed by atoms with van der Waals surface area (Å²) in [7, 11) is 0. The number of nitrogens with one attached hydrogen (secondary N) is 1. The minimum atomic E-state index is -0.403. The molecule has 1 amide bonds. The molecule has 4 aromatic rings. The van der Waals surface area contributed by atoms with Gasteiger partial charge < -0.3 is 10.1 Å². The van der Waals surface area contributed by atoms with E-state index in [1.165, 1.54) is 0 Å². The molecule has 0 aliphatic carbocycles. The van der Waals surface area contributed by atoms with Gasteiger partial charge in [0.1, 0.15) is 5.75 Å². The molecule has 0 bridgehead atoms. The molecular formula is C25H23ClN4O2. The van der Waals surface area contributed by atoms with Crippen LogP contribution in [0.25, 0.3) is 17.1 Å². The Balaban J connectivity index is 1.70. The first-order valence-electron chi connectivity index (χ1n) is 10.3. The largest absolute Gasteiger partial charge is 0.494 e. The summed E-state index contributed by atoms with van der Waals surface area (Å²) in [5.41, 5.74) is 4.29. The molecule has 1 heterocycles. The average Bonchev–Trinajstić information content (AvgIpc) is 3.23. The van der Waals surface area contributed by atoms with Crippen molar-refractivity contribution in [3.8, 4) is 22.8 Å². The molecule has 0 radical (unpaired) electrons. The predicted molar refractivity (Wildman–Crippen MR) is 127 cm³/mol. The summed E-state index contributed by atoms with van der Waals surface area (Å²) in [6, 6.07) is 20.7. The van der Waals surface area contributed by atoms with Crippen LogP contribution in [0.5, 0.6) is 5.75 Å². The molecule has 0 aliphatic rings. The fourth-order valence-electron chi connectivity index (χ4n) is 3.18. The number of hydrogen-bond acceptors (Lipinski definition) is 4. The van der Waals surface area contributed by atoms with E-state index in [1.54, 1.807) is 28.9 Å². The lowest BCUT2D eigenvalue weighted by Crippen LogP contribution is -2.14. The second-order valence-corrected chi connectivity index (χ2v) is 7.79. The third-order valence-electron chi connectivity index (χ3n) is 4.94. The minimum Gasteiger partial charge on any atom is -0.494 e. The number of hydrogen-bond donors (Lipinski definition) is 1. The number of carbonyl (C=O) groups is 1. The van der Waals surface area contributed by atoms with E-state index in [0.29, 0.717) is 23.1 Å². The van der Waals surface area contributed by atoms with Gasteiger partial charge in [0.25, 0.3) is 5.91 Å². The Morgan fingerprint density at radius 3 is 2.41 bits per heavy atom. The van der Waals surface area contributed by atoms with Crippen LogP contribution < -0.4 is 10.1 Å². The zero-order valence-corrected chi connectivity index (χ0v) is 18.8. The normalized spacial score (nSPS) is 10.8. The van der Waals surface area contributed by atoms with Crippen LogP contribution in [0, 0.1) is 13.8 Å². The van der Waals surface area contributed by atoms with E-state index in [0.717, 1.165) is 28.1 Å². The lowest BCUT2D eigenvalue weighted by atomic mass is 10.1. The van der Waals surface area contributed by atoms with Crippen molar-refractivity contribution >= 4 is 23.2 Å². The maximum Gasteiger partial charge on any atom is 0.295 e. The van der Waals surface area contributed by atoms with Crippen molar-refractivity contribution < 1.29 is 9.53 Å². The molecule has 3 aromatic carbocycles. The van der Waals surface area contributed by atoms with Crippen molar-refractivity contribution in [1.29, 1.82) is 0 Å². The fraction of sp³-hybridized carbons (Fsp3) is 0.160.